The number of fused-ring (bicyclic) bond motifs is 1. The third-order valence-electron chi connectivity index (χ3n) is 3.84. The fourth-order valence-corrected chi connectivity index (χ4v) is 2.42. The van der Waals surface area contributed by atoms with Crippen molar-refractivity contribution in [1.82, 2.24) is 9.97 Å². The monoisotopic (exact) mass is 277 g/mol. The molecule has 2 aromatic rings. The van der Waals surface area contributed by atoms with E-state index in [2.05, 4.69) is 14.9 Å². The highest BCUT2D eigenvalue weighted by Crippen LogP contribution is 2.30. The van der Waals surface area contributed by atoms with Gasteiger partial charge in [0.25, 0.3) is 0 Å². The van der Waals surface area contributed by atoms with Crippen molar-refractivity contribution in [1.29, 1.82) is 0 Å². The zero-order valence-electron chi connectivity index (χ0n) is 11.6. The molecule has 0 aromatic carbocycles. The smallest absolute Gasteiger partial charge is 0.195 e. The molecule has 6 heteroatoms. The van der Waals surface area contributed by atoms with Crippen molar-refractivity contribution in [3.63, 3.8) is 0 Å². The maximum Gasteiger partial charge on any atom is 0.195 e. The number of aliphatic hydroxyl groups is 1. The molecular formula is C14H19N3O3. The minimum Gasteiger partial charge on any atom is -0.458 e. The Morgan fingerprint density at radius 3 is 2.95 bits per heavy atom. The maximum absolute atomic E-state index is 9.14. The van der Waals surface area contributed by atoms with Gasteiger partial charge in [-0.2, -0.15) is 0 Å². The Kier molecular flexibility index (Phi) is 3.84. The Labute approximate surface area is 117 Å². The summed E-state index contributed by atoms with van der Waals surface area (Å²) < 4.78 is 10.8. The molecule has 1 saturated heterocycles. The van der Waals surface area contributed by atoms with Gasteiger partial charge in [-0.3, -0.25) is 0 Å². The Hall–Kier alpha value is -1.66. The molecule has 3 heterocycles. The number of rotatable bonds is 6. The van der Waals surface area contributed by atoms with Crippen molar-refractivity contribution in [2.75, 3.05) is 31.7 Å². The van der Waals surface area contributed by atoms with Crippen molar-refractivity contribution < 1.29 is 14.3 Å². The molecule has 108 valence electrons. The van der Waals surface area contributed by atoms with E-state index in [0.717, 1.165) is 48.4 Å². The van der Waals surface area contributed by atoms with Crippen molar-refractivity contribution in [2.24, 2.45) is 0 Å². The van der Waals surface area contributed by atoms with Crippen molar-refractivity contribution in [3.05, 3.63) is 18.2 Å². The van der Waals surface area contributed by atoms with Gasteiger partial charge in [0.05, 0.1) is 19.0 Å². The van der Waals surface area contributed by atoms with Crippen LogP contribution in [0.3, 0.4) is 0 Å². The predicted molar refractivity (Wildman–Crippen MR) is 74.8 cm³/mol. The number of hydrogen-bond donors (Lipinski definition) is 1. The standard InChI is InChI=1S/C14H19N3O3/c1-19-11(7-18)4-3-10-8-20-13-12(10)15-9-16-14(13)17-5-2-6-17/h8-9,11,18H,2-7H2,1H3. The van der Waals surface area contributed by atoms with Gasteiger partial charge >= 0.3 is 0 Å². The maximum atomic E-state index is 9.14. The van der Waals surface area contributed by atoms with Crippen molar-refractivity contribution >= 4 is 16.9 Å². The van der Waals surface area contributed by atoms with Gasteiger partial charge in [0.2, 0.25) is 0 Å². The van der Waals surface area contributed by atoms with Gasteiger partial charge in [-0.15, -0.1) is 0 Å². The van der Waals surface area contributed by atoms with Gasteiger partial charge in [0, 0.05) is 25.8 Å². The Morgan fingerprint density at radius 1 is 1.45 bits per heavy atom. The zero-order valence-corrected chi connectivity index (χ0v) is 11.6. The fourth-order valence-electron chi connectivity index (χ4n) is 2.42. The minimum absolute atomic E-state index is 0.0281. The van der Waals surface area contributed by atoms with Crippen LogP contribution in [0.2, 0.25) is 0 Å². The van der Waals surface area contributed by atoms with Crippen LogP contribution in [0, 0.1) is 0 Å². The quantitative estimate of drug-likeness (QED) is 0.860. The van der Waals surface area contributed by atoms with Crippen molar-refractivity contribution in [3.8, 4) is 0 Å². The fraction of sp³-hybridized carbons (Fsp3) is 0.571. The highest BCUT2D eigenvalue weighted by atomic mass is 16.5. The SMILES string of the molecule is COC(CO)CCc1coc2c(N3CCC3)ncnc12. The first kappa shape index (κ1) is 13.3. The van der Waals surface area contributed by atoms with Crippen LogP contribution in [0.5, 0.6) is 0 Å². The van der Waals surface area contributed by atoms with E-state index in [0.29, 0.717) is 0 Å². The van der Waals surface area contributed by atoms with Crippen LogP contribution >= 0.6 is 0 Å². The molecule has 0 saturated carbocycles. The third kappa shape index (κ3) is 2.36. The van der Waals surface area contributed by atoms with Gasteiger partial charge in [0.1, 0.15) is 11.8 Å². The van der Waals surface area contributed by atoms with Crippen LogP contribution < -0.4 is 4.90 Å². The zero-order chi connectivity index (χ0) is 13.9. The second-order valence-electron chi connectivity index (χ2n) is 5.06. The first-order valence-corrected chi connectivity index (χ1v) is 6.93. The molecule has 3 rings (SSSR count). The van der Waals surface area contributed by atoms with Crippen LogP contribution in [-0.4, -0.2) is 48.0 Å². The summed E-state index contributed by atoms with van der Waals surface area (Å²) in [6.07, 6.45) is 5.90. The lowest BCUT2D eigenvalue weighted by atomic mass is 10.1. The number of aliphatic hydroxyl groups excluding tert-OH is 1. The summed E-state index contributed by atoms with van der Waals surface area (Å²) in [5.41, 5.74) is 2.68. The molecule has 6 nitrogen and oxygen atoms in total. The van der Waals surface area contributed by atoms with E-state index in [1.54, 1.807) is 19.7 Å². The molecule has 0 radical (unpaired) electrons. The van der Waals surface area contributed by atoms with E-state index in [1.165, 1.54) is 6.42 Å². The van der Waals surface area contributed by atoms with Gasteiger partial charge in [0.15, 0.2) is 11.4 Å². The lowest BCUT2D eigenvalue weighted by Crippen LogP contribution is -2.37. The normalized spacial score (nSPS) is 16.4. The molecule has 0 aliphatic carbocycles. The van der Waals surface area contributed by atoms with E-state index in [4.69, 9.17) is 14.3 Å². The summed E-state index contributed by atoms with van der Waals surface area (Å²) in [4.78, 5) is 10.9. The minimum atomic E-state index is -0.142. The third-order valence-corrected chi connectivity index (χ3v) is 3.84. The van der Waals surface area contributed by atoms with E-state index >= 15 is 0 Å². The lowest BCUT2D eigenvalue weighted by Gasteiger charge is -2.31. The van der Waals surface area contributed by atoms with Crippen LogP contribution in [-0.2, 0) is 11.2 Å². The number of ether oxygens (including phenoxy) is 1. The van der Waals surface area contributed by atoms with Gasteiger partial charge in [-0.1, -0.05) is 0 Å². The second-order valence-corrected chi connectivity index (χ2v) is 5.06. The molecule has 2 aromatic heterocycles. The van der Waals surface area contributed by atoms with Crippen LogP contribution in [0.25, 0.3) is 11.1 Å². The van der Waals surface area contributed by atoms with Crippen LogP contribution in [0.4, 0.5) is 5.82 Å². The van der Waals surface area contributed by atoms with E-state index in [-0.39, 0.29) is 12.7 Å². The number of aromatic nitrogens is 2. The molecule has 0 bridgehead atoms. The largest absolute Gasteiger partial charge is 0.458 e. The number of hydrogen-bond acceptors (Lipinski definition) is 6. The number of methoxy groups -OCH3 is 1. The Bertz CT molecular complexity index is 576. The highest BCUT2D eigenvalue weighted by molar-refractivity contribution is 5.86. The van der Waals surface area contributed by atoms with Gasteiger partial charge in [-0.05, 0) is 19.3 Å². The molecular weight excluding hydrogens is 258 g/mol. The van der Waals surface area contributed by atoms with E-state index in [9.17, 15) is 0 Å². The number of nitrogens with zero attached hydrogens (tertiary/aromatic N) is 3. The first-order valence-electron chi connectivity index (χ1n) is 6.93. The molecule has 1 atom stereocenters. The van der Waals surface area contributed by atoms with Crippen LogP contribution in [0.1, 0.15) is 18.4 Å². The Morgan fingerprint density at radius 2 is 2.30 bits per heavy atom. The topological polar surface area (TPSA) is 71.6 Å². The summed E-state index contributed by atoms with van der Waals surface area (Å²) in [7, 11) is 1.61. The summed E-state index contributed by atoms with van der Waals surface area (Å²) in [6.45, 7) is 2.08. The number of aryl methyl sites for hydroxylation is 1. The average molecular weight is 277 g/mol. The molecule has 20 heavy (non-hydrogen) atoms. The molecule has 1 aliphatic heterocycles. The number of furan rings is 1. The number of anilines is 1. The van der Waals surface area contributed by atoms with Gasteiger partial charge in [-0.25, -0.2) is 9.97 Å². The molecule has 1 aliphatic rings. The van der Waals surface area contributed by atoms with Crippen molar-refractivity contribution in [2.45, 2.75) is 25.4 Å². The molecule has 1 unspecified atom stereocenters. The predicted octanol–water partition coefficient (Wildman–Crippen LogP) is 1.37. The highest BCUT2D eigenvalue weighted by Gasteiger charge is 2.22. The van der Waals surface area contributed by atoms with E-state index in [1.807, 2.05) is 0 Å². The first-order chi connectivity index (χ1) is 9.83. The molecule has 1 N–H and O–H groups in total. The summed E-state index contributed by atoms with van der Waals surface area (Å²) in [5.74, 6) is 0.887. The van der Waals surface area contributed by atoms with Gasteiger partial charge < -0.3 is 19.2 Å². The molecule has 0 spiro atoms. The summed E-state index contributed by atoms with van der Waals surface area (Å²) in [5, 5.41) is 9.14. The van der Waals surface area contributed by atoms with Crippen LogP contribution in [0.15, 0.2) is 17.0 Å². The molecule has 0 amide bonds. The average Bonchev–Trinajstić information content (AvgIpc) is 2.82. The summed E-state index contributed by atoms with van der Waals surface area (Å²) in [6, 6.07) is 0. The lowest BCUT2D eigenvalue weighted by molar-refractivity contribution is 0.0435. The van der Waals surface area contributed by atoms with E-state index < -0.39 is 0 Å². The second kappa shape index (κ2) is 5.76. The Balaban J connectivity index is 1.82. The molecule has 1 fully saturated rings. The summed E-state index contributed by atoms with van der Waals surface area (Å²) >= 11 is 0.